The van der Waals surface area contributed by atoms with Crippen LogP contribution >= 0.6 is 0 Å². The third-order valence-corrected chi connectivity index (χ3v) is 0. The van der Waals surface area contributed by atoms with E-state index in [1.54, 1.807) is 13.8 Å². The van der Waals surface area contributed by atoms with Gasteiger partial charge in [-0.2, -0.15) is 0 Å². The minimum Gasteiger partial charge on any atom is -0.412 e. The molecule has 0 aromatic heterocycles. The van der Waals surface area contributed by atoms with E-state index in [2.05, 4.69) is 0 Å². The summed E-state index contributed by atoms with van der Waals surface area (Å²) in [7, 11) is 0. The van der Waals surface area contributed by atoms with Gasteiger partial charge in [0.25, 0.3) is 0 Å². The van der Waals surface area contributed by atoms with E-state index in [1.165, 1.54) is 0 Å². The second kappa shape index (κ2) is 77.7. The molecule has 0 unspecified atom stereocenters. The summed E-state index contributed by atoms with van der Waals surface area (Å²) in [6.45, 7) is 3.86. The molecule has 0 aliphatic carbocycles. The number of aliphatic hydroxyl groups excluding tert-OH is 2. The van der Waals surface area contributed by atoms with Gasteiger partial charge in [-0.15, -0.1) is 0 Å². The summed E-state index contributed by atoms with van der Waals surface area (Å²) in [4.78, 5) is 0. The van der Waals surface area contributed by atoms with Gasteiger partial charge in [0.2, 0.25) is 0 Å². The molecule has 0 aliphatic rings. The SMILES string of the molecule is CCO.CCO.O.O.[Zn]. The molecule has 58 valence electrons. The average Bonchev–Trinajstić information content (AvgIpc) is 1.39. The molecule has 5 heteroatoms. The molecule has 0 bridgehead atoms. The molecule has 0 fully saturated rings. The molecular formula is C4H16O4Zn. The maximum Gasteiger partial charge on any atom is 0.0402 e. The van der Waals surface area contributed by atoms with Crippen LogP contribution in [0.2, 0.25) is 0 Å². The Kier molecular flexibility index (Phi) is 294. The molecule has 0 spiro atoms. The minimum atomic E-state index is 0. The van der Waals surface area contributed by atoms with Gasteiger partial charge in [0.15, 0.2) is 0 Å². The summed E-state index contributed by atoms with van der Waals surface area (Å²) >= 11 is 0. The van der Waals surface area contributed by atoms with E-state index < -0.39 is 0 Å². The predicted molar refractivity (Wildman–Crippen MR) is 32.7 cm³/mol. The predicted octanol–water partition coefficient (Wildman–Crippen LogP) is -1.65. The summed E-state index contributed by atoms with van der Waals surface area (Å²) in [6, 6.07) is 0. The van der Waals surface area contributed by atoms with Gasteiger partial charge in [0, 0.05) is 32.7 Å². The molecule has 0 radical (unpaired) electrons. The Labute approximate surface area is 68.3 Å². The largest absolute Gasteiger partial charge is 0.412 e. The fourth-order valence-corrected chi connectivity index (χ4v) is 0. The number of aliphatic hydroxyl groups is 2. The van der Waals surface area contributed by atoms with E-state index in [1.807, 2.05) is 0 Å². The van der Waals surface area contributed by atoms with Gasteiger partial charge in [-0.25, -0.2) is 0 Å². The Morgan fingerprint density at radius 3 is 0.889 bits per heavy atom. The normalized spacial score (nSPS) is 4.00. The molecule has 0 aromatic rings. The van der Waals surface area contributed by atoms with Crippen LogP contribution in [0.4, 0.5) is 0 Å². The van der Waals surface area contributed by atoms with Crippen molar-refractivity contribution in [3.8, 4) is 0 Å². The van der Waals surface area contributed by atoms with Crippen LogP contribution in [-0.2, 0) is 19.5 Å². The number of hydrogen-bond donors (Lipinski definition) is 2. The number of rotatable bonds is 0. The third-order valence-electron chi connectivity index (χ3n) is 0. The van der Waals surface area contributed by atoms with Crippen LogP contribution < -0.4 is 0 Å². The van der Waals surface area contributed by atoms with Crippen molar-refractivity contribution in [3.63, 3.8) is 0 Å². The zero-order valence-corrected chi connectivity index (χ0v) is 8.98. The van der Waals surface area contributed by atoms with E-state index >= 15 is 0 Å². The first-order valence-corrected chi connectivity index (χ1v) is 2.05. The minimum absolute atomic E-state index is 0. The molecule has 0 heterocycles. The van der Waals surface area contributed by atoms with Crippen LogP contribution in [0, 0.1) is 0 Å². The summed E-state index contributed by atoms with van der Waals surface area (Å²) in [5.74, 6) is 0. The Morgan fingerprint density at radius 1 is 0.889 bits per heavy atom. The molecule has 0 saturated carbocycles. The second-order valence-electron chi connectivity index (χ2n) is 0.632. The van der Waals surface area contributed by atoms with Gasteiger partial charge in [-0.05, 0) is 13.8 Å². The van der Waals surface area contributed by atoms with E-state index in [0.29, 0.717) is 0 Å². The van der Waals surface area contributed by atoms with Crippen molar-refractivity contribution in [2.75, 3.05) is 13.2 Å². The van der Waals surface area contributed by atoms with E-state index in [-0.39, 0.29) is 43.6 Å². The van der Waals surface area contributed by atoms with Gasteiger partial charge in [-0.1, -0.05) is 0 Å². The van der Waals surface area contributed by atoms with Gasteiger partial charge >= 0.3 is 0 Å². The van der Waals surface area contributed by atoms with Gasteiger partial charge < -0.3 is 21.2 Å². The van der Waals surface area contributed by atoms with Gasteiger partial charge in [0.05, 0.1) is 0 Å². The first-order valence-electron chi connectivity index (χ1n) is 2.05. The second-order valence-corrected chi connectivity index (χ2v) is 0.632. The van der Waals surface area contributed by atoms with Crippen molar-refractivity contribution in [2.45, 2.75) is 13.8 Å². The van der Waals surface area contributed by atoms with Crippen LogP contribution in [0.25, 0.3) is 0 Å². The molecule has 0 aliphatic heterocycles. The van der Waals surface area contributed by atoms with Crippen molar-refractivity contribution >= 4 is 0 Å². The fourth-order valence-electron chi connectivity index (χ4n) is 0. The first-order chi connectivity index (χ1) is 2.83. The zero-order valence-electron chi connectivity index (χ0n) is 6.02. The van der Waals surface area contributed by atoms with Crippen molar-refractivity contribution < 1.29 is 40.6 Å². The molecule has 0 rings (SSSR count). The molecule has 0 atom stereocenters. The van der Waals surface area contributed by atoms with Crippen LogP contribution in [0.3, 0.4) is 0 Å². The maximum atomic E-state index is 7.57. The molecular weight excluding hydrogens is 177 g/mol. The molecule has 0 amide bonds. The molecule has 6 N–H and O–H groups in total. The Balaban J connectivity index is -0.00000000889. The smallest absolute Gasteiger partial charge is 0.0402 e. The van der Waals surface area contributed by atoms with E-state index in [9.17, 15) is 0 Å². The van der Waals surface area contributed by atoms with Crippen molar-refractivity contribution in [1.82, 2.24) is 0 Å². The fraction of sp³-hybridized carbons (Fsp3) is 1.00. The van der Waals surface area contributed by atoms with E-state index in [4.69, 9.17) is 10.2 Å². The van der Waals surface area contributed by atoms with Crippen LogP contribution in [0.5, 0.6) is 0 Å². The average molecular weight is 194 g/mol. The monoisotopic (exact) mass is 192 g/mol. The Morgan fingerprint density at radius 2 is 0.889 bits per heavy atom. The van der Waals surface area contributed by atoms with E-state index in [0.717, 1.165) is 0 Å². The van der Waals surface area contributed by atoms with Crippen molar-refractivity contribution in [2.24, 2.45) is 0 Å². The summed E-state index contributed by atoms with van der Waals surface area (Å²) in [6.07, 6.45) is 0. The third kappa shape index (κ3) is 1650. The summed E-state index contributed by atoms with van der Waals surface area (Å²) in [5, 5.41) is 15.1. The van der Waals surface area contributed by atoms with Gasteiger partial charge in [0.1, 0.15) is 0 Å². The zero-order chi connectivity index (χ0) is 5.41. The molecule has 0 aromatic carbocycles. The molecule has 9 heavy (non-hydrogen) atoms. The van der Waals surface area contributed by atoms with Crippen molar-refractivity contribution in [1.29, 1.82) is 0 Å². The molecule has 4 nitrogen and oxygen atoms in total. The summed E-state index contributed by atoms with van der Waals surface area (Å²) in [5.41, 5.74) is 0. The quantitative estimate of drug-likeness (QED) is 0.450. The van der Waals surface area contributed by atoms with Crippen molar-refractivity contribution in [3.05, 3.63) is 0 Å². The van der Waals surface area contributed by atoms with Crippen LogP contribution in [0.1, 0.15) is 13.8 Å². The Bertz CT molecular complexity index is 14.5. The maximum absolute atomic E-state index is 7.57. The Hall–Kier alpha value is 0.463. The van der Waals surface area contributed by atoms with Crippen LogP contribution in [0.15, 0.2) is 0 Å². The standard InChI is InChI=1S/2C2H6O.2H2O.Zn/c2*1-2-3;;;/h2*3H,2H2,1H3;2*1H2;. The summed E-state index contributed by atoms with van der Waals surface area (Å²) < 4.78 is 0. The molecule has 0 saturated heterocycles. The number of hydrogen-bond acceptors (Lipinski definition) is 2. The van der Waals surface area contributed by atoms with Crippen LogP contribution in [-0.4, -0.2) is 34.4 Å². The first kappa shape index (κ1) is 34.0. The van der Waals surface area contributed by atoms with Gasteiger partial charge in [-0.3, -0.25) is 0 Å². The topological polar surface area (TPSA) is 103 Å².